The van der Waals surface area contributed by atoms with Crippen molar-refractivity contribution in [3.8, 4) is 17.4 Å². The number of hydrogen-bond acceptors (Lipinski definition) is 7. The van der Waals surface area contributed by atoms with Crippen molar-refractivity contribution in [1.29, 1.82) is 0 Å². The maximum absolute atomic E-state index is 11.7. The van der Waals surface area contributed by atoms with E-state index in [1.165, 1.54) is 17.4 Å². The summed E-state index contributed by atoms with van der Waals surface area (Å²) in [6, 6.07) is 3.24. The molecule has 4 heterocycles. The van der Waals surface area contributed by atoms with Crippen LogP contribution in [0.3, 0.4) is 0 Å². The van der Waals surface area contributed by atoms with Crippen molar-refractivity contribution in [3.05, 3.63) is 18.3 Å². The van der Waals surface area contributed by atoms with Gasteiger partial charge >= 0.3 is 11.9 Å². The summed E-state index contributed by atoms with van der Waals surface area (Å²) >= 11 is 0. The van der Waals surface area contributed by atoms with Crippen LogP contribution in [0.2, 0.25) is 0 Å². The molecular formula is C15H15N3O5. The van der Waals surface area contributed by atoms with Gasteiger partial charge in [0.15, 0.2) is 11.3 Å². The summed E-state index contributed by atoms with van der Waals surface area (Å²) in [5, 5.41) is 4.26. The zero-order chi connectivity index (χ0) is 15.8. The van der Waals surface area contributed by atoms with Crippen molar-refractivity contribution >= 4 is 17.5 Å². The number of nitrogens with zero attached hydrogens (tertiary/aromatic N) is 3. The zero-order valence-corrected chi connectivity index (χ0v) is 12.4. The van der Waals surface area contributed by atoms with Crippen molar-refractivity contribution < 1.29 is 23.8 Å². The highest BCUT2D eigenvalue weighted by Crippen LogP contribution is 2.38. The molecule has 23 heavy (non-hydrogen) atoms. The lowest BCUT2D eigenvalue weighted by atomic mass is 10.3. The van der Waals surface area contributed by atoms with Gasteiger partial charge in [0.1, 0.15) is 6.61 Å². The summed E-state index contributed by atoms with van der Waals surface area (Å²) in [5.74, 6) is -1.61. The molecule has 8 heteroatoms. The van der Waals surface area contributed by atoms with E-state index in [0.717, 1.165) is 19.6 Å². The predicted octanol–water partition coefficient (Wildman–Crippen LogP) is 0.633. The van der Waals surface area contributed by atoms with Gasteiger partial charge in [-0.15, -0.1) is 5.10 Å². The van der Waals surface area contributed by atoms with Gasteiger partial charge < -0.3 is 14.2 Å². The molecule has 0 radical (unpaired) electrons. The van der Waals surface area contributed by atoms with E-state index < -0.39 is 11.9 Å². The van der Waals surface area contributed by atoms with Crippen molar-refractivity contribution in [2.24, 2.45) is 0 Å². The minimum Gasteiger partial charge on any atom is -0.473 e. The van der Waals surface area contributed by atoms with Crippen LogP contribution in [0, 0.1) is 0 Å². The highest BCUT2D eigenvalue weighted by molar-refractivity contribution is 6.31. The van der Waals surface area contributed by atoms with Crippen LogP contribution in [0.25, 0.3) is 5.52 Å². The van der Waals surface area contributed by atoms with Crippen LogP contribution in [0.5, 0.6) is 17.4 Å². The molecule has 4 rings (SSSR count). The fourth-order valence-corrected chi connectivity index (χ4v) is 2.84. The first-order chi connectivity index (χ1) is 11.2. The molecule has 0 amide bonds. The highest BCUT2D eigenvalue weighted by atomic mass is 16.6. The summed E-state index contributed by atoms with van der Waals surface area (Å²) in [4.78, 5) is 25.5. The minimum absolute atomic E-state index is 0.123. The van der Waals surface area contributed by atoms with E-state index in [1.54, 1.807) is 18.3 Å². The summed E-state index contributed by atoms with van der Waals surface area (Å²) in [6.45, 7) is 3.35. The molecule has 0 saturated carbocycles. The first-order valence-electron chi connectivity index (χ1n) is 7.53. The first kappa shape index (κ1) is 14.0. The summed E-state index contributed by atoms with van der Waals surface area (Å²) in [6.07, 6.45) is 4.09. The molecule has 0 spiro atoms. The molecule has 120 valence electrons. The average Bonchev–Trinajstić information content (AvgIpc) is 3.13. The lowest BCUT2D eigenvalue weighted by Gasteiger charge is -2.14. The largest absolute Gasteiger partial charge is 0.473 e. The Morgan fingerprint density at radius 2 is 1.96 bits per heavy atom. The van der Waals surface area contributed by atoms with E-state index in [1.807, 2.05) is 0 Å². The van der Waals surface area contributed by atoms with E-state index >= 15 is 0 Å². The van der Waals surface area contributed by atoms with Gasteiger partial charge in [0, 0.05) is 12.7 Å². The maximum atomic E-state index is 11.7. The molecule has 2 aromatic heterocycles. The molecule has 0 aromatic carbocycles. The van der Waals surface area contributed by atoms with Gasteiger partial charge in [-0.25, -0.2) is 14.1 Å². The molecule has 0 bridgehead atoms. The van der Waals surface area contributed by atoms with E-state index in [-0.39, 0.29) is 17.4 Å². The summed E-state index contributed by atoms with van der Waals surface area (Å²) in [5.41, 5.74) is 0.405. The molecule has 1 saturated heterocycles. The molecule has 0 unspecified atom stereocenters. The lowest BCUT2D eigenvalue weighted by molar-refractivity contribution is -0.155. The third-order valence-corrected chi connectivity index (χ3v) is 3.95. The third-order valence-electron chi connectivity index (χ3n) is 3.95. The number of rotatable bonds is 4. The van der Waals surface area contributed by atoms with Crippen LogP contribution in [-0.4, -0.2) is 52.7 Å². The van der Waals surface area contributed by atoms with Crippen LogP contribution >= 0.6 is 0 Å². The molecule has 2 aromatic rings. The van der Waals surface area contributed by atoms with Crippen molar-refractivity contribution in [3.63, 3.8) is 0 Å². The van der Waals surface area contributed by atoms with Gasteiger partial charge in [-0.1, -0.05) is 0 Å². The molecule has 1 fully saturated rings. The Balaban J connectivity index is 1.61. The second-order valence-electron chi connectivity index (χ2n) is 5.48. The molecule has 0 N–H and O–H groups in total. The average molecular weight is 317 g/mol. The fraction of sp³-hybridized carbons (Fsp3) is 0.400. The van der Waals surface area contributed by atoms with E-state index in [4.69, 9.17) is 14.2 Å². The Morgan fingerprint density at radius 3 is 2.78 bits per heavy atom. The molecule has 0 atom stereocenters. The van der Waals surface area contributed by atoms with Crippen molar-refractivity contribution in [2.45, 2.75) is 12.8 Å². The van der Waals surface area contributed by atoms with E-state index in [9.17, 15) is 9.59 Å². The van der Waals surface area contributed by atoms with Gasteiger partial charge in [-0.3, -0.25) is 4.90 Å². The molecule has 2 aliphatic heterocycles. The monoisotopic (exact) mass is 317 g/mol. The van der Waals surface area contributed by atoms with Crippen LogP contribution < -0.4 is 14.2 Å². The summed E-state index contributed by atoms with van der Waals surface area (Å²) in [7, 11) is 0. The molecular weight excluding hydrogens is 302 g/mol. The Labute approximate surface area is 131 Å². The highest BCUT2D eigenvalue weighted by Gasteiger charge is 2.31. The third kappa shape index (κ3) is 2.50. The zero-order valence-electron chi connectivity index (χ0n) is 12.4. The first-order valence-corrected chi connectivity index (χ1v) is 7.53. The number of hydrogen-bond donors (Lipinski definition) is 0. The quantitative estimate of drug-likeness (QED) is 0.604. The normalized spacial score (nSPS) is 17.9. The molecule has 0 aliphatic carbocycles. The standard InChI is InChI=1S/C15H15N3O5/c19-14-15(20)23-12-11-10(22-14)4-3-7-18(11)16-13(12)21-9-8-17-5-1-2-6-17/h3-4,7H,1-2,5-6,8-9H2. The lowest BCUT2D eigenvalue weighted by Crippen LogP contribution is -2.25. The second-order valence-corrected chi connectivity index (χ2v) is 5.48. The van der Waals surface area contributed by atoms with Crippen LogP contribution in [0.1, 0.15) is 12.8 Å². The van der Waals surface area contributed by atoms with Gasteiger partial charge in [0.25, 0.3) is 5.88 Å². The Bertz CT molecular complexity index is 779. The second kappa shape index (κ2) is 5.54. The van der Waals surface area contributed by atoms with Crippen LogP contribution in [-0.2, 0) is 9.59 Å². The van der Waals surface area contributed by atoms with Crippen molar-refractivity contribution in [1.82, 2.24) is 14.5 Å². The summed E-state index contributed by atoms with van der Waals surface area (Å²) < 4.78 is 17.3. The van der Waals surface area contributed by atoms with Gasteiger partial charge in [-0.05, 0) is 38.1 Å². The maximum Gasteiger partial charge on any atom is 0.423 e. The van der Waals surface area contributed by atoms with Crippen LogP contribution in [0.4, 0.5) is 0 Å². The Kier molecular flexibility index (Phi) is 3.38. The van der Waals surface area contributed by atoms with Crippen molar-refractivity contribution in [2.75, 3.05) is 26.2 Å². The molecule has 2 aliphatic rings. The van der Waals surface area contributed by atoms with Gasteiger partial charge in [-0.2, -0.15) is 0 Å². The number of carbonyl (C=O) groups is 2. The topological polar surface area (TPSA) is 82.4 Å². The fourth-order valence-electron chi connectivity index (χ4n) is 2.84. The number of carbonyl (C=O) groups excluding carboxylic acids is 2. The van der Waals surface area contributed by atoms with Gasteiger partial charge in [0.2, 0.25) is 5.75 Å². The molecule has 8 nitrogen and oxygen atoms in total. The number of likely N-dealkylation sites (tertiary alicyclic amines) is 1. The van der Waals surface area contributed by atoms with Gasteiger partial charge in [0.05, 0.1) is 0 Å². The SMILES string of the molecule is O=C1Oc2cccn3nc(OCCN4CCCC4)c(c23)OC1=O. The number of esters is 2. The Morgan fingerprint density at radius 1 is 1.17 bits per heavy atom. The smallest absolute Gasteiger partial charge is 0.423 e. The van der Waals surface area contributed by atoms with E-state index in [0.29, 0.717) is 12.1 Å². The number of aromatic nitrogens is 2. The van der Waals surface area contributed by atoms with Crippen LogP contribution in [0.15, 0.2) is 18.3 Å². The van der Waals surface area contributed by atoms with E-state index in [2.05, 4.69) is 10.00 Å². The number of ether oxygens (including phenoxy) is 3. The number of pyridine rings is 1. The predicted molar refractivity (Wildman–Crippen MR) is 77.6 cm³/mol. The Hall–Kier alpha value is -2.61. The minimum atomic E-state index is -1.08.